The summed E-state index contributed by atoms with van der Waals surface area (Å²) in [5.41, 5.74) is 6.74. The number of hydrogen-bond donors (Lipinski definition) is 2. The molecule has 0 bridgehead atoms. The number of methoxy groups -OCH3 is 1. The first kappa shape index (κ1) is 23.4. The summed E-state index contributed by atoms with van der Waals surface area (Å²) in [4.78, 5) is 25.0. The summed E-state index contributed by atoms with van der Waals surface area (Å²) in [6.07, 6.45) is 3.34. The molecule has 0 saturated heterocycles. The van der Waals surface area contributed by atoms with Crippen LogP contribution < -0.4 is 24.6 Å². The van der Waals surface area contributed by atoms with Crippen molar-refractivity contribution in [2.75, 3.05) is 30.8 Å². The Labute approximate surface area is 187 Å². The first-order valence-electron chi connectivity index (χ1n) is 10.3. The SMILES string of the molecule is CCCOc1ccc(C(=O)NNC(=O)c2ccc3c(c2)CCCN3S(C)(=O)=O)cc1OC. The van der Waals surface area contributed by atoms with Crippen LogP contribution in [0.1, 0.15) is 46.0 Å². The Hall–Kier alpha value is -3.27. The monoisotopic (exact) mass is 461 g/mol. The molecule has 0 aliphatic carbocycles. The van der Waals surface area contributed by atoms with E-state index in [4.69, 9.17) is 9.47 Å². The molecule has 9 nitrogen and oxygen atoms in total. The summed E-state index contributed by atoms with van der Waals surface area (Å²) >= 11 is 0. The summed E-state index contributed by atoms with van der Waals surface area (Å²) in [5.74, 6) is -0.0675. The number of sulfonamides is 1. The lowest BCUT2D eigenvalue weighted by atomic mass is 10.0. The van der Waals surface area contributed by atoms with Crippen molar-refractivity contribution in [1.82, 2.24) is 10.9 Å². The Morgan fingerprint density at radius 3 is 2.31 bits per heavy atom. The zero-order valence-corrected chi connectivity index (χ0v) is 19.1. The number of anilines is 1. The van der Waals surface area contributed by atoms with E-state index in [-0.39, 0.29) is 0 Å². The molecule has 3 rings (SSSR count). The number of aryl methyl sites for hydroxylation is 1. The van der Waals surface area contributed by atoms with Gasteiger partial charge in [0.05, 0.1) is 25.7 Å². The number of rotatable bonds is 7. The lowest BCUT2D eigenvalue weighted by Gasteiger charge is -2.29. The first-order valence-corrected chi connectivity index (χ1v) is 12.1. The average molecular weight is 462 g/mol. The predicted octanol–water partition coefficient (Wildman–Crippen LogP) is 2.27. The maximum absolute atomic E-state index is 12.5. The van der Waals surface area contributed by atoms with Crippen molar-refractivity contribution >= 4 is 27.5 Å². The van der Waals surface area contributed by atoms with E-state index in [0.29, 0.717) is 54.3 Å². The Bertz CT molecular complexity index is 1120. The van der Waals surface area contributed by atoms with Crippen molar-refractivity contribution in [1.29, 1.82) is 0 Å². The largest absolute Gasteiger partial charge is 0.493 e. The number of ether oxygens (including phenoxy) is 2. The summed E-state index contributed by atoms with van der Waals surface area (Å²) in [6.45, 7) is 2.93. The summed E-state index contributed by atoms with van der Waals surface area (Å²) in [5, 5.41) is 0. The zero-order chi connectivity index (χ0) is 23.3. The minimum absolute atomic E-state index is 0.292. The standard InChI is InChI=1S/C22H27N3O6S/c1-4-12-31-19-10-8-17(14-20(19)30-2)22(27)24-23-21(26)16-7-9-18-15(13-16)6-5-11-25(18)32(3,28)29/h7-10,13-14H,4-6,11-12H2,1-3H3,(H,23,26)(H,24,27). The van der Waals surface area contributed by atoms with Gasteiger partial charge in [-0.3, -0.25) is 24.7 Å². The molecule has 0 atom stereocenters. The average Bonchev–Trinajstić information content (AvgIpc) is 2.79. The van der Waals surface area contributed by atoms with Crippen LogP contribution in [0.4, 0.5) is 5.69 Å². The molecule has 1 heterocycles. The molecule has 32 heavy (non-hydrogen) atoms. The second-order valence-electron chi connectivity index (χ2n) is 7.40. The maximum atomic E-state index is 12.5. The van der Waals surface area contributed by atoms with Crippen molar-refractivity contribution in [3.8, 4) is 11.5 Å². The predicted molar refractivity (Wildman–Crippen MR) is 121 cm³/mol. The van der Waals surface area contributed by atoms with Crippen molar-refractivity contribution in [3.63, 3.8) is 0 Å². The van der Waals surface area contributed by atoms with Crippen molar-refractivity contribution in [3.05, 3.63) is 53.1 Å². The molecule has 0 unspecified atom stereocenters. The fraction of sp³-hybridized carbons (Fsp3) is 0.364. The fourth-order valence-corrected chi connectivity index (χ4v) is 4.44. The van der Waals surface area contributed by atoms with E-state index in [0.717, 1.165) is 18.2 Å². The van der Waals surface area contributed by atoms with Crippen molar-refractivity contribution < 1.29 is 27.5 Å². The number of benzene rings is 2. The van der Waals surface area contributed by atoms with Gasteiger partial charge in [-0.2, -0.15) is 0 Å². The van der Waals surface area contributed by atoms with Gasteiger partial charge < -0.3 is 9.47 Å². The van der Waals surface area contributed by atoms with Crippen LogP contribution in [0, 0.1) is 0 Å². The second-order valence-corrected chi connectivity index (χ2v) is 9.31. The Morgan fingerprint density at radius 2 is 1.69 bits per heavy atom. The molecule has 2 aromatic carbocycles. The van der Waals surface area contributed by atoms with Crippen LogP contribution >= 0.6 is 0 Å². The summed E-state index contributed by atoms with van der Waals surface area (Å²) in [6, 6.07) is 9.55. The van der Waals surface area contributed by atoms with Gasteiger partial charge in [0, 0.05) is 17.7 Å². The maximum Gasteiger partial charge on any atom is 0.269 e. The van der Waals surface area contributed by atoms with E-state index in [2.05, 4.69) is 10.9 Å². The van der Waals surface area contributed by atoms with E-state index in [1.807, 2.05) is 6.92 Å². The number of nitrogens with zero attached hydrogens (tertiary/aromatic N) is 1. The van der Waals surface area contributed by atoms with Crippen LogP contribution in [-0.2, 0) is 16.4 Å². The molecular formula is C22H27N3O6S. The molecule has 0 fully saturated rings. The minimum Gasteiger partial charge on any atom is -0.493 e. The molecule has 172 valence electrons. The number of nitrogens with one attached hydrogen (secondary N) is 2. The fourth-order valence-electron chi connectivity index (χ4n) is 3.45. The van der Waals surface area contributed by atoms with Crippen LogP contribution in [0.5, 0.6) is 11.5 Å². The number of carbonyl (C=O) groups is 2. The molecule has 1 aliphatic heterocycles. The van der Waals surface area contributed by atoms with Crippen molar-refractivity contribution in [2.45, 2.75) is 26.2 Å². The number of hydrogen-bond acceptors (Lipinski definition) is 6. The number of amides is 2. The van der Waals surface area contributed by atoms with Gasteiger partial charge >= 0.3 is 0 Å². The first-order chi connectivity index (χ1) is 15.2. The van der Waals surface area contributed by atoms with Gasteiger partial charge in [0.25, 0.3) is 11.8 Å². The van der Waals surface area contributed by atoms with Crippen LogP contribution in [0.2, 0.25) is 0 Å². The molecule has 2 amide bonds. The van der Waals surface area contributed by atoms with E-state index >= 15 is 0 Å². The van der Waals surface area contributed by atoms with E-state index < -0.39 is 21.8 Å². The highest BCUT2D eigenvalue weighted by Gasteiger charge is 2.24. The highest BCUT2D eigenvalue weighted by molar-refractivity contribution is 7.92. The van der Waals surface area contributed by atoms with E-state index in [1.165, 1.54) is 23.5 Å². The van der Waals surface area contributed by atoms with Gasteiger partial charge in [0.1, 0.15) is 0 Å². The molecule has 2 aromatic rings. The van der Waals surface area contributed by atoms with Gasteiger partial charge in [-0.15, -0.1) is 0 Å². The van der Waals surface area contributed by atoms with Gasteiger partial charge in [-0.05, 0) is 61.2 Å². The lowest BCUT2D eigenvalue weighted by Crippen LogP contribution is -2.41. The summed E-state index contributed by atoms with van der Waals surface area (Å²) in [7, 11) is -1.90. The third-order valence-electron chi connectivity index (χ3n) is 5.00. The van der Waals surface area contributed by atoms with Crippen LogP contribution in [0.3, 0.4) is 0 Å². The van der Waals surface area contributed by atoms with Gasteiger partial charge in [-0.1, -0.05) is 6.92 Å². The quantitative estimate of drug-likeness (QED) is 0.612. The molecule has 1 aliphatic rings. The van der Waals surface area contributed by atoms with Crippen molar-refractivity contribution in [2.24, 2.45) is 0 Å². The molecule has 0 saturated carbocycles. The van der Waals surface area contributed by atoms with Gasteiger partial charge in [0.15, 0.2) is 11.5 Å². The second kappa shape index (κ2) is 9.90. The number of fused-ring (bicyclic) bond motifs is 1. The molecule has 10 heteroatoms. The normalized spacial score (nSPS) is 13.2. The minimum atomic E-state index is -3.38. The lowest BCUT2D eigenvalue weighted by molar-refractivity contribution is 0.0846. The van der Waals surface area contributed by atoms with Crippen LogP contribution in [0.15, 0.2) is 36.4 Å². The van der Waals surface area contributed by atoms with Crippen LogP contribution in [-0.4, -0.2) is 46.7 Å². The van der Waals surface area contributed by atoms with E-state index in [9.17, 15) is 18.0 Å². The number of carbonyl (C=O) groups excluding carboxylic acids is 2. The van der Waals surface area contributed by atoms with Gasteiger partial charge in [-0.25, -0.2) is 8.42 Å². The summed E-state index contributed by atoms with van der Waals surface area (Å²) < 4.78 is 36.2. The zero-order valence-electron chi connectivity index (χ0n) is 18.3. The van der Waals surface area contributed by atoms with Gasteiger partial charge in [0.2, 0.25) is 10.0 Å². The molecular weight excluding hydrogens is 434 g/mol. The van der Waals surface area contributed by atoms with E-state index in [1.54, 1.807) is 24.3 Å². The number of hydrazine groups is 1. The molecule has 0 spiro atoms. The van der Waals surface area contributed by atoms with Crippen LogP contribution in [0.25, 0.3) is 0 Å². The highest BCUT2D eigenvalue weighted by atomic mass is 32.2. The smallest absolute Gasteiger partial charge is 0.269 e. The third kappa shape index (κ3) is 5.31. The molecule has 0 aromatic heterocycles. The Kier molecular flexibility index (Phi) is 7.24. The Morgan fingerprint density at radius 1 is 1.03 bits per heavy atom. The highest BCUT2D eigenvalue weighted by Crippen LogP contribution is 2.30. The Balaban J connectivity index is 1.68. The topological polar surface area (TPSA) is 114 Å². The molecule has 2 N–H and O–H groups in total. The molecule has 0 radical (unpaired) electrons. The third-order valence-corrected chi connectivity index (χ3v) is 6.18.